The third kappa shape index (κ3) is 4.09. The molecule has 0 saturated carbocycles. The number of thioether (sulfide) groups is 1. The molecule has 23 heavy (non-hydrogen) atoms. The molecule has 0 saturated heterocycles. The molecule has 118 valence electrons. The predicted molar refractivity (Wildman–Crippen MR) is 92.0 cm³/mol. The second-order valence-electron chi connectivity index (χ2n) is 4.77. The molecule has 3 aromatic rings. The van der Waals surface area contributed by atoms with Gasteiger partial charge in [0.2, 0.25) is 0 Å². The van der Waals surface area contributed by atoms with Crippen LogP contribution in [0.5, 0.6) is 0 Å². The minimum Gasteiger partial charge on any atom is -0.295 e. The first-order valence-corrected chi connectivity index (χ1v) is 9.40. The van der Waals surface area contributed by atoms with E-state index in [-0.39, 0.29) is 5.82 Å². The number of rotatable bonds is 6. The maximum Gasteiger partial charge on any atom is 0.172 e. The summed E-state index contributed by atoms with van der Waals surface area (Å²) in [4.78, 5) is 5.13. The van der Waals surface area contributed by atoms with E-state index in [1.807, 2.05) is 41.0 Å². The molecule has 0 unspecified atom stereocenters. The molecule has 1 aromatic heterocycles. The number of hydrogen-bond donors (Lipinski definition) is 0. The first-order valence-electron chi connectivity index (χ1n) is 7.09. The van der Waals surface area contributed by atoms with E-state index in [4.69, 9.17) is 0 Å². The van der Waals surface area contributed by atoms with E-state index in [2.05, 4.69) is 4.98 Å². The highest BCUT2D eigenvalue weighted by molar-refractivity contribution is 8.00. The highest BCUT2D eigenvalue weighted by atomic mass is 32.2. The fourth-order valence-corrected chi connectivity index (χ4v) is 4.38. The predicted octanol–water partition coefficient (Wildman–Crippen LogP) is 3.91. The standard InChI is InChI=1S/C17H15FN2OS2/c18-14-5-4-6-15(13-14)20-10-9-19-17(20)22-11-12-23(21)16-7-2-1-3-8-16/h1-10,13H,11-12H2/t23-/m1/s1. The van der Waals surface area contributed by atoms with Gasteiger partial charge in [0.05, 0.1) is 16.5 Å². The molecule has 0 fully saturated rings. The third-order valence-electron chi connectivity index (χ3n) is 3.20. The summed E-state index contributed by atoms with van der Waals surface area (Å²) in [5.41, 5.74) is 0.731. The van der Waals surface area contributed by atoms with Gasteiger partial charge in [0, 0.05) is 28.8 Å². The van der Waals surface area contributed by atoms with Gasteiger partial charge < -0.3 is 0 Å². The van der Waals surface area contributed by atoms with Gasteiger partial charge in [0.1, 0.15) is 5.82 Å². The summed E-state index contributed by atoms with van der Waals surface area (Å²) in [6, 6.07) is 15.8. The monoisotopic (exact) mass is 346 g/mol. The van der Waals surface area contributed by atoms with Crippen molar-refractivity contribution < 1.29 is 8.60 Å². The van der Waals surface area contributed by atoms with Crippen molar-refractivity contribution in [2.24, 2.45) is 0 Å². The Kier molecular flexibility index (Phi) is 5.25. The van der Waals surface area contributed by atoms with Crippen LogP contribution in [0.1, 0.15) is 0 Å². The highest BCUT2D eigenvalue weighted by Crippen LogP contribution is 2.21. The first-order chi connectivity index (χ1) is 11.2. The van der Waals surface area contributed by atoms with E-state index >= 15 is 0 Å². The number of hydrogen-bond acceptors (Lipinski definition) is 3. The molecule has 0 bridgehead atoms. The van der Waals surface area contributed by atoms with Crippen molar-refractivity contribution in [3.63, 3.8) is 0 Å². The molecule has 2 aromatic carbocycles. The lowest BCUT2D eigenvalue weighted by Gasteiger charge is -2.07. The van der Waals surface area contributed by atoms with Crippen molar-refractivity contribution >= 4 is 22.6 Å². The number of benzene rings is 2. The summed E-state index contributed by atoms with van der Waals surface area (Å²) in [5, 5.41) is 0.765. The van der Waals surface area contributed by atoms with Crippen LogP contribution >= 0.6 is 11.8 Å². The van der Waals surface area contributed by atoms with Crippen LogP contribution in [-0.4, -0.2) is 25.3 Å². The van der Waals surface area contributed by atoms with Crippen LogP contribution in [0, 0.1) is 5.82 Å². The van der Waals surface area contributed by atoms with Gasteiger partial charge >= 0.3 is 0 Å². The van der Waals surface area contributed by atoms with Crippen molar-refractivity contribution in [3.8, 4) is 5.69 Å². The normalized spacial score (nSPS) is 12.2. The van der Waals surface area contributed by atoms with Crippen molar-refractivity contribution in [3.05, 3.63) is 72.8 Å². The summed E-state index contributed by atoms with van der Waals surface area (Å²) in [6.07, 6.45) is 3.48. The molecule has 0 amide bonds. The largest absolute Gasteiger partial charge is 0.295 e. The molecule has 0 aliphatic rings. The Morgan fingerprint density at radius 1 is 1.13 bits per heavy atom. The van der Waals surface area contributed by atoms with E-state index in [9.17, 15) is 8.60 Å². The van der Waals surface area contributed by atoms with Gasteiger partial charge in [0.25, 0.3) is 0 Å². The first kappa shape index (κ1) is 16.0. The molecule has 1 heterocycles. The van der Waals surface area contributed by atoms with Crippen molar-refractivity contribution in [2.75, 3.05) is 11.5 Å². The van der Waals surface area contributed by atoms with Crippen LogP contribution in [0.25, 0.3) is 5.69 Å². The average molecular weight is 346 g/mol. The zero-order valence-electron chi connectivity index (χ0n) is 12.3. The summed E-state index contributed by atoms with van der Waals surface area (Å²) in [6.45, 7) is 0. The van der Waals surface area contributed by atoms with Gasteiger partial charge in [-0.05, 0) is 30.3 Å². The zero-order valence-corrected chi connectivity index (χ0v) is 13.9. The smallest absolute Gasteiger partial charge is 0.172 e. The van der Waals surface area contributed by atoms with Crippen molar-refractivity contribution in [2.45, 2.75) is 10.1 Å². The Balaban J connectivity index is 1.64. The van der Waals surface area contributed by atoms with Crippen LogP contribution in [-0.2, 0) is 10.8 Å². The van der Waals surface area contributed by atoms with Gasteiger partial charge in [-0.25, -0.2) is 9.37 Å². The minimum absolute atomic E-state index is 0.280. The van der Waals surface area contributed by atoms with Crippen molar-refractivity contribution in [1.29, 1.82) is 0 Å². The molecule has 1 atom stereocenters. The molecule has 3 rings (SSSR count). The summed E-state index contributed by atoms with van der Waals surface area (Å²) < 4.78 is 27.4. The minimum atomic E-state index is -1.02. The van der Waals surface area contributed by atoms with Crippen LogP contribution in [0.15, 0.2) is 77.0 Å². The number of nitrogens with zero attached hydrogens (tertiary/aromatic N) is 2. The Bertz CT molecular complexity index is 805. The number of halogens is 1. The van der Waals surface area contributed by atoms with Gasteiger partial charge in [0.15, 0.2) is 5.16 Å². The molecule has 0 aliphatic heterocycles. The fourth-order valence-electron chi connectivity index (χ4n) is 2.12. The fraction of sp³-hybridized carbons (Fsp3) is 0.118. The van der Waals surface area contributed by atoms with E-state index in [0.29, 0.717) is 11.5 Å². The lowest BCUT2D eigenvalue weighted by Crippen LogP contribution is -2.02. The summed E-state index contributed by atoms with van der Waals surface area (Å²) in [7, 11) is -1.02. The topological polar surface area (TPSA) is 34.9 Å². The average Bonchev–Trinajstić information content (AvgIpc) is 3.04. The van der Waals surface area contributed by atoms with Gasteiger partial charge in [-0.1, -0.05) is 36.0 Å². The quantitative estimate of drug-likeness (QED) is 0.635. The Morgan fingerprint density at radius 2 is 1.96 bits per heavy atom. The van der Waals surface area contributed by atoms with Gasteiger partial charge in [-0.2, -0.15) is 0 Å². The summed E-state index contributed by atoms with van der Waals surface area (Å²) in [5.74, 6) is 0.941. The van der Waals surface area contributed by atoms with Crippen LogP contribution < -0.4 is 0 Å². The Morgan fingerprint density at radius 3 is 2.74 bits per heavy atom. The van der Waals surface area contributed by atoms with Crippen LogP contribution in [0.4, 0.5) is 4.39 Å². The molecule has 0 N–H and O–H groups in total. The number of imidazole rings is 1. The van der Waals surface area contributed by atoms with E-state index < -0.39 is 10.8 Å². The Labute approximate surface area is 141 Å². The molecule has 0 spiro atoms. The maximum atomic E-state index is 13.4. The van der Waals surface area contributed by atoms with Crippen LogP contribution in [0.2, 0.25) is 0 Å². The second-order valence-corrected chi connectivity index (χ2v) is 7.40. The Hall–Kier alpha value is -1.92. The van der Waals surface area contributed by atoms with Crippen molar-refractivity contribution in [1.82, 2.24) is 9.55 Å². The molecule has 6 heteroatoms. The molecular weight excluding hydrogens is 331 g/mol. The lowest BCUT2D eigenvalue weighted by molar-refractivity contribution is 0.626. The second kappa shape index (κ2) is 7.57. The van der Waals surface area contributed by atoms with Crippen LogP contribution in [0.3, 0.4) is 0 Å². The SMILES string of the molecule is O=[S@](CCSc1nccn1-c1cccc(F)c1)c1ccccc1. The highest BCUT2D eigenvalue weighted by Gasteiger charge is 2.08. The molecule has 0 radical (unpaired) electrons. The lowest BCUT2D eigenvalue weighted by atomic mass is 10.3. The van der Waals surface area contributed by atoms with Gasteiger partial charge in [-0.3, -0.25) is 8.78 Å². The zero-order chi connectivity index (χ0) is 16.1. The van der Waals surface area contributed by atoms with Gasteiger partial charge in [-0.15, -0.1) is 0 Å². The molecule has 3 nitrogen and oxygen atoms in total. The maximum absolute atomic E-state index is 13.4. The molecular formula is C17H15FN2OS2. The van der Waals surface area contributed by atoms with E-state index in [1.54, 1.807) is 18.5 Å². The molecule has 0 aliphatic carbocycles. The summed E-state index contributed by atoms with van der Waals surface area (Å²) >= 11 is 1.51. The van der Waals surface area contributed by atoms with E-state index in [1.165, 1.54) is 23.9 Å². The number of aromatic nitrogens is 2. The third-order valence-corrected chi connectivity index (χ3v) is 5.80. The van der Waals surface area contributed by atoms with E-state index in [0.717, 1.165) is 15.7 Å².